The van der Waals surface area contributed by atoms with Gasteiger partial charge in [0.2, 0.25) is 0 Å². The van der Waals surface area contributed by atoms with Gasteiger partial charge >= 0.3 is 0 Å². The molecule has 0 bridgehead atoms. The summed E-state index contributed by atoms with van der Waals surface area (Å²) in [5.41, 5.74) is 1.48. The second-order valence-corrected chi connectivity index (χ2v) is 8.60. The maximum Gasteiger partial charge on any atom is 0.271 e. The smallest absolute Gasteiger partial charge is 0.271 e. The number of carbonyl (C=O) groups is 1. The number of thioether (sulfide) groups is 1. The minimum atomic E-state index is -0.415. The quantitative estimate of drug-likeness (QED) is 0.308. The van der Waals surface area contributed by atoms with Crippen molar-refractivity contribution in [2.24, 2.45) is 0 Å². The van der Waals surface area contributed by atoms with E-state index in [1.807, 2.05) is 29.0 Å². The minimum Gasteiger partial charge on any atom is -0.317 e. The van der Waals surface area contributed by atoms with Gasteiger partial charge in [0, 0.05) is 30.1 Å². The summed E-state index contributed by atoms with van der Waals surface area (Å²) < 4.78 is 2.46. The van der Waals surface area contributed by atoms with Crippen molar-refractivity contribution in [1.29, 1.82) is 0 Å². The number of non-ortho nitro benzene ring substituents is 1. The number of nitro benzene ring substituents is 1. The Morgan fingerprint density at radius 3 is 2.71 bits per heavy atom. The van der Waals surface area contributed by atoms with Gasteiger partial charge in [0.05, 0.1) is 15.5 Å². The van der Waals surface area contributed by atoms with Crippen molar-refractivity contribution < 1.29 is 9.72 Å². The molecule has 1 aromatic heterocycles. The molecule has 2 aromatic rings. The molecular weight excluding hydrogens is 394 g/mol. The summed E-state index contributed by atoms with van der Waals surface area (Å²) in [5.74, 6) is -0.0336. The molecule has 4 rings (SSSR count). The third-order valence-corrected chi connectivity index (χ3v) is 6.47. The minimum absolute atomic E-state index is 0.0285. The zero-order valence-corrected chi connectivity index (χ0v) is 16.7. The number of nitrogens with zero attached hydrogens (tertiary/aromatic N) is 3. The second-order valence-electron chi connectivity index (χ2n) is 6.92. The third kappa shape index (κ3) is 3.62. The highest BCUT2D eigenvalue weighted by Crippen LogP contribution is 2.37. The molecule has 1 aliphatic carbocycles. The largest absolute Gasteiger partial charge is 0.317 e. The van der Waals surface area contributed by atoms with E-state index < -0.39 is 4.92 Å². The van der Waals surface area contributed by atoms with E-state index in [0.717, 1.165) is 31.4 Å². The SMILES string of the molecule is O=C1C(=Cc2cccn2-c2cccc([N+](=O)[O-])c2)SC(=S)N1C1CCCCC1. The van der Waals surface area contributed by atoms with Gasteiger partial charge in [-0.2, -0.15) is 0 Å². The molecule has 1 saturated carbocycles. The van der Waals surface area contributed by atoms with Crippen LogP contribution in [0, 0.1) is 10.1 Å². The lowest BCUT2D eigenvalue weighted by Gasteiger charge is -2.29. The molecule has 1 saturated heterocycles. The van der Waals surface area contributed by atoms with Crippen LogP contribution in [0.4, 0.5) is 5.69 Å². The van der Waals surface area contributed by atoms with Crippen molar-refractivity contribution in [2.45, 2.75) is 38.1 Å². The first-order chi connectivity index (χ1) is 13.5. The second kappa shape index (κ2) is 7.89. The fourth-order valence-corrected chi connectivity index (χ4v) is 5.16. The normalized spacial score (nSPS) is 19.6. The number of hydrogen-bond acceptors (Lipinski definition) is 5. The number of thiocarbonyl (C=S) groups is 1. The fraction of sp³-hybridized carbons (Fsp3) is 0.300. The highest BCUT2D eigenvalue weighted by molar-refractivity contribution is 8.26. The number of benzene rings is 1. The molecule has 2 fully saturated rings. The molecule has 8 heteroatoms. The van der Waals surface area contributed by atoms with Gasteiger partial charge in [0.25, 0.3) is 11.6 Å². The summed E-state index contributed by atoms with van der Waals surface area (Å²) in [6.45, 7) is 0. The van der Waals surface area contributed by atoms with Gasteiger partial charge in [-0.1, -0.05) is 49.3 Å². The molecule has 0 unspecified atom stereocenters. The number of hydrogen-bond donors (Lipinski definition) is 0. The van der Waals surface area contributed by atoms with Crippen LogP contribution in [0.1, 0.15) is 37.8 Å². The van der Waals surface area contributed by atoms with Crippen LogP contribution in [0.3, 0.4) is 0 Å². The van der Waals surface area contributed by atoms with E-state index in [1.165, 1.54) is 30.3 Å². The molecule has 0 spiro atoms. The van der Waals surface area contributed by atoms with E-state index in [1.54, 1.807) is 17.0 Å². The Labute approximate surface area is 172 Å². The van der Waals surface area contributed by atoms with E-state index in [9.17, 15) is 14.9 Å². The molecule has 2 heterocycles. The number of nitro groups is 1. The van der Waals surface area contributed by atoms with E-state index in [2.05, 4.69) is 0 Å². The molecule has 144 valence electrons. The summed E-state index contributed by atoms with van der Waals surface area (Å²) in [5, 5.41) is 11.1. The van der Waals surface area contributed by atoms with Crippen molar-refractivity contribution in [3.63, 3.8) is 0 Å². The number of amides is 1. The van der Waals surface area contributed by atoms with Crippen LogP contribution in [0.5, 0.6) is 0 Å². The predicted molar refractivity (Wildman–Crippen MR) is 114 cm³/mol. The maximum atomic E-state index is 13.0. The molecule has 2 aliphatic rings. The Hall–Kier alpha value is -2.45. The Morgan fingerprint density at radius 2 is 1.96 bits per heavy atom. The third-order valence-electron chi connectivity index (χ3n) is 5.14. The summed E-state index contributed by atoms with van der Waals surface area (Å²) >= 11 is 6.82. The molecule has 1 aromatic carbocycles. The Balaban J connectivity index is 1.63. The molecule has 1 aliphatic heterocycles. The average Bonchev–Trinajstić information content (AvgIpc) is 3.27. The zero-order valence-electron chi connectivity index (χ0n) is 15.1. The van der Waals surface area contributed by atoms with Crippen LogP contribution >= 0.6 is 24.0 Å². The van der Waals surface area contributed by atoms with Crippen LogP contribution in [-0.4, -0.2) is 30.7 Å². The molecule has 28 heavy (non-hydrogen) atoms. The van der Waals surface area contributed by atoms with Crippen LogP contribution in [0.15, 0.2) is 47.5 Å². The number of rotatable bonds is 4. The molecule has 6 nitrogen and oxygen atoms in total. The van der Waals surface area contributed by atoms with Gasteiger partial charge in [-0.25, -0.2) is 0 Å². The van der Waals surface area contributed by atoms with Gasteiger partial charge in [-0.05, 0) is 37.1 Å². The van der Waals surface area contributed by atoms with E-state index in [-0.39, 0.29) is 17.6 Å². The van der Waals surface area contributed by atoms with Gasteiger partial charge in [0.15, 0.2) is 0 Å². The predicted octanol–water partition coefficient (Wildman–Crippen LogP) is 4.92. The van der Waals surface area contributed by atoms with Crippen molar-refractivity contribution >= 4 is 46.0 Å². The van der Waals surface area contributed by atoms with Gasteiger partial charge in [-0.3, -0.25) is 19.8 Å². The van der Waals surface area contributed by atoms with Crippen molar-refractivity contribution in [2.75, 3.05) is 0 Å². The molecule has 1 amide bonds. The zero-order chi connectivity index (χ0) is 19.7. The lowest BCUT2D eigenvalue weighted by molar-refractivity contribution is -0.384. The van der Waals surface area contributed by atoms with Crippen molar-refractivity contribution in [3.8, 4) is 5.69 Å². The Kier molecular flexibility index (Phi) is 5.32. The highest BCUT2D eigenvalue weighted by Gasteiger charge is 2.37. The molecular formula is C20H19N3O3S2. The lowest BCUT2D eigenvalue weighted by Crippen LogP contribution is -2.39. The van der Waals surface area contributed by atoms with Crippen molar-refractivity contribution in [3.05, 3.63) is 63.3 Å². The lowest BCUT2D eigenvalue weighted by atomic mass is 9.94. The number of carbonyl (C=O) groups excluding carboxylic acids is 1. The van der Waals surface area contributed by atoms with Gasteiger partial charge in [0.1, 0.15) is 4.32 Å². The van der Waals surface area contributed by atoms with Gasteiger partial charge < -0.3 is 4.57 Å². The average molecular weight is 414 g/mol. The summed E-state index contributed by atoms with van der Waals surface area (Å²) in [6.07, 6.45) is 9.14. The van der Waals surface area contributed by atoms with Crippen LogP contribution in [0.25, 0.3) is 11.8 Å². The van der Waals surface area contributed by atoms with Crippen molar-refractivity contribution in [1.82, 2.24) is 9.47 Å². The fourth-order valence-electron chi connectivity index (χ4n) is 3.77. The van der Waals surface area contributed by atoms with Crippen LogP contribution in [0.2, 0.25) is 0 Å². The van der Waals surface area contributed by atoms with E-state index in [0.29, 0.717) is 14.9 Å². The van der Waals surface area contributed by atoms with E-state index >= 15 is 0 Å². The molecule has 0 N–H and O–H groups in total. The van der Waals surface area contributed by atoms with Crippen LogP contribution in [-0.2, 0) is 4.79 Å². The Bertz CT molecular complexity index is 977. The first-order valence-corrected chi connectivity index (χ1v) is 10.5. The molecule has 0 radical (unpaired) electrons. The highest BCUT2D eigenvalue weighted by atomic mass is 32.2. The van der Waals surface area contributed by atoms with E-state index in [4.69, 9.17) is 12.2 Å². The monoisotopic (exact) mass is 413 g/mol. The summed E-state index contributed by atoms with van der Waals surface area (Å²) in [6, 6.07) is 10.4. The van der Waals surface area contributed by atoms with Gasteiger partial charge in [-0.15, -0.1) is 0 Å². The summed E-state index contributed by atoms with van der Waals surface area (Å²) in [7, 11) is 0. The Morgan fingerprint density at radius 1 is 1.18 bits per heavy atom. The first-order valence-electron chi connectivity index (χ1n) is 9.24. The number of aromatic nitrogens is 1. The molecule has 0 atom stereocenters. The topological polar surface area (TPSA) is 68.4 Å². The standard InChI is InChI=1S/C20H19N3O3S2/c24-19-18(28-20(27)22(19)14-6-2-1-3-7-14)13-16-10-5-11-21(16)15-8-4-9-17(12-15)23(25)26/h4-5,8-14H,1-3,6-7H2. The maximum absolute atomic E-state index is 13.0. The van der Waals surface area contributed by atoms with Crippen LogP contribution < -0.4 is 0 Å². The summed E-state index contributed by atoms with van der Waals surface area (Å²) in [4.78, 5) is 26.0. The first kappa shape index (κ1) is 18.9.